The van der Waals surface area contributed by atoms with Crippen molar-refractivity contribution >= 4 is 11.5 Å². The van der Waals surface area contributed by atoms with Crippen LogP contribution < -0.4 is 14.8 Å². The predicted molar refractivity (Wildman–Crippen MR) is 77.8 cm³/mol. The van der Waals surface area contributed by atoms with E-state index in [1.807, 2.05) is 12.1 Å². The molecule has 1 N–H and O–H groups in total. The second kappa shape index (κ2) is 6.56. The molecule has 0 spiro atoms. The molecule has 7 nitrogen and oxygen atoms in total. The van der Waals surface area contributed by atoms with E-state index in [4.69, 9.17) is 9.47 Å². The van der Waals surface area contributed by atoms with Gasteiger partial charge in [0.05, 0.1) is 18.1 Å². The first-order chi connectivity index (χ1) is 10.1. The number of pyridine rings is 1. The van der Waals surface area contributed by atoms with E-state index < -0.39 is 4.92 Å². The molecule has 1 heterocycles. The van der Waals surface area contributed by atoms with Gasteiger partial charge in [0.2, 0.25) is 0 Å². The summed E-state index contributed by atoms with van der Waals surface area (Å²) in [4.78, 5) is 14.4. The Morgan fingerprint density at radius 1 is 1.29 bits per heavy atom. The number of nitro benzene ring substituents is 1. The van der Waals surface area contributed by atoms with Crippen LogP contribution in [0, 0.1) is 10.1 Å². The Bertz CT molecular complexity index is 629. The maximum Gasteiger partial charge on any atom is 0.273 e. The summed E-state index contributed by atoms with van der Waals surface area (Å²) in [6.45, 7) is 0.297. The van der Waals surface area contributed by atoms with Gasteiger partial charge in [0, 0.05) is 24.9 Å². The summed E-state index contributed by atoms with van der Waals surface area (Å²) in [6, 6.07) is 7.95. The van der Waals surface area contributed by atoms with Crippen molar-refractivity contribution in [2.45, 2.75) is 6.61 Å². The zero-order valence-electron chi connectivity index (χ0n) is 11.7. The molecule has 0 fully saturated rings. The van der Waals surface area contributed by atoms with E-state index in [1.54, 1.807) is 13.2 Å². The summed E-state index contributed by atoms with van der Waals surface area (Å²) in [5.41, 5.74) is 0.841. The zero-order valence-corrected chi connectivity index (χ0v) is 11.7. The Kier molecular flexibility index (Phi) is 4.55. The molecule has 21 heavy (non-hydrogen) atoms. The van der Waals surface area contributed by atoms with Crippen LogP contribution >= 0.6 is 0 Å². The van der Waals surface area contributed by atoms with Crippen LogP contribution in [0.2, 0.25) is 0 Å². The molecule has 0 saturated carbocycles. The highest BCUT2D eigenvalue weighted by molar-refractivity contribution is 5.48. The van der Waals surface area contributed by atoms with Crippen LogP contribution in [0.1, 0.15) is 5.56 Å². The molecule has 0 atom stereocenters. The lowest BCUT2D eigenvalue weighted by Gasteiger charge is -2.10. The van der Waals surface area contributed by atoms with Crippen LogP contribution in [0.25, 0.3) is 0 Å². The van der Waals surface area contributed by atoms with Gasteiger partial charge in [0.25, 0.3) is 5.69 Å². The van der Waals surface area contributed by atoms with Crippen molar-refractivity contribution in [2.75, 3.05) is 19.5 Å². The van der Waals surface area contributed by atoms with Crippen molar-refractivity contribution in [3.05, 3.63) is 52.2 Å². The Morgan fingerprint density at radius 2 is 2.10 bits per heavy atom. The van der Waals surface area contributed by atoms with Crippen molar-refractivity contribution < 1.29 is 14.4 Å². The average molecular weight is 289 g/mol. The summed E-state index contributed by atoms with van der Waals surface area (Å²) < 4.78 is 10.7. The van der Waals surface area contributed by atoms with Crippen molar-refractivity contribution in [1.82, 2.24) is 4.98 Å². The highest BCUT2D eigenvalue weighted by atomic mass is 16.6. The zero-order chi connectivity index (χ0) is 15.2. The van der Waals surface area contributed by atoms with E-state index in [2.05, 4.69) is 10.3 Å². The van der Waals surface area contributed by atoms with Gasteiger partial charge in [0.1, 0.15) is 12.4 Å². The third-order valence-corrected chi connectivity index (χ3v) is 2.83. The number of nitro groups is 1. The van der Waals surface area contributed by atoms with Gasteiger partial charge in [-0.25, -0.2) is 4.98 Å². The quantitative estimate of drug-likeness (QED) is 0.649. The molecule has 2 rings (SSSR count). The minimum atomic E-state index is -0.479. The van der Waals surface area contributed by atoms with Crippen LogP contribution in [0.3, 0.4) is 0 Å². The fourth-order valence-corrected chi connectivity index (χ4v) is 1.71. The van der Waals surface area contributed by atoms with E-state index in [0.717, 1.165) is 11.4 Å². The summed E-state index contributed by atoms with van der Waals surface area (Å²) in [6.07, 6.45) is 1.70. The van der Waals surface area contributed by atoms with Crippen molar-refractivity contribution in [3.8, 4) is 11.5 Å². The minimum absolute atomic E-state index is 0.0424. The first kappa shape index (κ1) is 14.6. The van der Waals surface area contributed by atoms with Crippen LogP contribution in [-0.4, -0.2) is 24.1 Å². The summed E-state index contributed by atoms with van der Waals surface area (Å²) in [7, 11) is 3.23. The Morgan fingerprint density at radius 3 is 2.67 bits per heavy atom. The van der Waals surface area contributed by atoms with Crippen LogP contribution in [0.4, 0.5) is 11.5 Å². The number of anilines is 1. The molecule has 0 amide bonds. The molecular weight excluding hydrogens is 274 g/mol. The largest absolute Gasteiger partial charge is 0.493 e. The van der Waals surface area contributed by atoms with Gasteiger partial charge in [-0.05, 0) is 12.1 Å². The lowest BCUT2D eigenvalue weighted by atomic mass is 10.2. The number of methoxy groups -OCH3 is 1. The summed E-state index contributed by atoms with van der Waals surface area (Å²) >= 11 is 0. The maximum atomic E-state index is 10.7. The molecule has 1 aromatic heterocycles. The van der Waals surface area contributed by atoms with Gasteiger partial charge in [-0.15, -0.1) is 0 Å². The smallest absolute Gasteiger partial charge is 0.273 e. The molecule has 0 aliphatic carbocycles. The normalized spacial score (nSPS) is 10.0. The maximum absolute atomic E-state index is 10.7. The van der Waals surface area contributed by atoms with Gasteiger partial charge >= 0.3 is 0 Å². The number of non-ortho nitro benzene ring substituents is 1. The molecule has 2 aromatic rings. The molecule has 110 valence electrons. The van der Waals surface area contributed by atoms with Crippen LogP contribution in [0.5, 0.6) is 11.5 Å². The fraction of sp³-hybridized carbons (Fsp3) is 0.214. The first-order valence-electron chi connectivity index (χ1n) is 6.22. The van der Waals surface area contributed by atoms with Gasteiger partial charge < -0.3 is 14.8 Å². The van der Waals surface area contributed by atoms with E-state index in [-0.39, 0.29) is 5.69 Å². The number of nitrogens with zero attached hydrogens (tertiary/aromatic N) is 2. The molecular formula is C14H15N3O4. The number of benzene rings is 1. The van der Waals surface area contributed by atoms with Crippen molar-refractivity contribution in [3.63, 3.8) is 0 Å². The van der Waals surface area contributed by atoms with Gasteiger partial charge in [-0.3, -0.25) is 10.1 Å². The predicted octanol–water partition coefficient (Wildman–Crippen LogP) is 2.62. The van der Waals surface area contributed by atoms with E-state index >= 15 is 0 Å². The second-order valence-electron chi connectivity index (χ2n) is 4.18. The lowest BCUT2D eigenvalue weighted by molar-refractivity contribution is -0.385. The molecule has 0 bridgehead atoms. The van der Waals surface area contributed by atoms with Gasteiger partial charge in [-0.1, -0.05) is 6.07 Å². The minimum Gasteiger partial charge on any atom is -0.493 e. The fourth-order valence-electron chi connectivity index (χ4n) is 1.71. The molecule has 1 aromatic carbocycles. The van der Waals surface area contributed by atoms with Gasteiger partial charge in [-0.2, -0.15) is 0 Å². The van der Waals surface area contributed by atoms with Crippen molar-refractivity contribution in [2.24, 2.45) is 0 Å². The molecule has 0 aliphatic rings. The second-order valence-corrected chi connectivity index (χ2v) is 4.18. The summed E-state index contributed by atoms with van der Waals surface area (Å²) in [5.74, 6) is 1.54. The third-order valence-electron chi connectivity index (χ3n) is 2.83. The Hall–Kier alpha value is -2.83. The number of hydrogen-bond donors (Lipinski definition) is 1. The summed E-state index contributed by atoms with van der Waals surface area (Å²) in [5, 5.41) is 13.6. The first-order valence-corrected chi connectivity index (χ1v) is 6.22. The molecule has 7 heteroatoms. The topological polar surface area (TPSA) is 86.5 Å². The SMILES string of the molecule is CNc1ccc(COc2ccc([N+](=O)[O-])cc2OC)cn1. The molecule has 0 radical (unpaired) electrons. The van der Waals surface area contributed by atoms with Crippen molar-refractivity contribution in [1.29, 1.82) is 0 Å². The third kappa shape index (κ3) is 3.59. The average Bonchev–Trinajstić information content (AvgIpc) is 2.53. The lowest BCUT2D eigenvalue weighted by Crippen LogP contribution is -2.00. The molecule has 0 saturated heterocycles. The number of ether oxygens (including phenoxy) is 2. The Labute approximate surface area is 121 Å². The van der Waals surface area contributed by atoms with Crippen LogP contribution in [-0.2, 0) is 6.61 Å². The van der Waals surface area contributed by atoms with Gasteiger partial charge in [0.15, 0.2) is 11.5 Å². The standard InChI is InChI=1S/C14H15N3O4/c1-15-14-6-3-10(8-16-14)9-21-12-5-4-11(17(18)19)7-13(12)20-2/h3-8H,9H2,1-2H3,(H,15,16). The molecule has 0 aliphatic heterocycles. The number of nitrogens with one attached hydrogen (secondary N) is 1. The monoisotopic (exact) mass is 289 g/mol. The van der Waals surface area contributed by atoms with E-state index in [9.17, 15) is 10.1 Å². The molecule has 0 unspecified atom stereocenters. The number of hydrogen-bond acceptors (Lipinski definition) is 6. The highest BCUT2D eigenvalue weighted by Gasteiger charge is 2.12. The van der Waals surface area contributed by atoms with E-state index in [0.29, 0.717) is 18.1 Å². The number of aromatic nitrogens is 1. The van der Waals surface area contributed by atoms with E-state index in [1.165, 1.54) is 25.3 Å². The van der Waals surface area contributed by atoms with Crippen LogP contribution in [0.15, 0.2) is 36.5 Å². The Balaban J connectivity index is 2.09. The number of rotatable bonds is 6. The highest BCUT2D eigenvalue weighted by Crippen LogP contribution is 2.31.